The number of alkyl halides is 3. The number of carbonyl (C=O) groups is 1. The third-order valence-corrected chi connectivity index (χ3v) is 5.19. The molecule has 0 atom stereocenters. The van der Waals surface area contributed by atoms with Gasteiger partial charge in [-0.05, 0) is 67.1 Å². The van der Waals surface area contributed by atoms with Crippen LogP contribution in [0.5, 0.6) is 5.75 Å². The van der Waals surface area contributed by atoms with Crippen LogP contribution in [0.25, 0.3) is 22.3 Å². The Labute approximate surface area is 196 Å². The van der Waals surface area contributed by atoms with E-state index in [4.69, 9.17) is 20.8 Å². The summed E-state index contributed by atoms with van der Waals surface area (Å²) in [4.78, 5) is 25.6. The molecule has 0 aliphatic heterocycles. The molecule has 0 radical (unpaired) electrons. The summed E-state index contributed by atoms with van der Waals surface area (Å²) in [6, 6.07) is 15.7. The van der Waals surface area contributed by atoms with Crippen LogP contribution in [0, 0.1) is 6.92 Å². The Morgan fingerprint density at radius 3 is 2.50 bits per heavy atom. The molecule has 3 aromatic carbocycles. The number of aryl methyl sites for hydroxylation is 1. The quantitative estimate of drug-likeness (QED) is 0.351. The van der Waals surface area contributed by atoms with Crippen molar-refractivity contribution in [3.63, 3.8) is 0 Å². The molecule has 0 bridgehead atoms. The zero-order valence-electron chi connectivity index (χ0n) is 17.7. The van der Waals surface area contributed by atoms with E-state index in [0.717, 1.165) is 17.7 Å². The molecule has 1 amide bonds. The predicted octanol–water partition coefficient (Wildman–Crippen LogP) is 6.46. The monoisotopic (exact) mass is 487 g/mol. The van der Waals surface area contributed by atoms with Gasteiger partial charge in [-0.15, -0.1) is 0 Å². The van der Waals surface area contributed by atoms with Crippen molar-refractivity contribution in [3.8, 4) is 17.1 Å². The van der Waals surface area contributed by atoms with Crippen LogP contribution < -0.4 is 15.5 Å². The number of anilines is 1. The van der Waals surface area contributed by atoms with E-state index in [2.05, 4.69) is 5.32 Å². The van der Waals surface area contributed by atoms with Crippen molar-refractivity contribution >= 4 is 34.2 Å². The first-order valence-electron chi connectivity index (χ1n) is 10.0. The molecule has 0 saturated carbocycles. The molecule has 0 saturated heterocycles. The Kier molecular flexibility index (Phi) is 6.34. The van der Waals surface area contributed by atoms with E-state index in [-0.39, 0.29) is 22.6 Å². The third kappa shape index (κ3) is 5.07. The third-order valence-electron chi connectivity index (χ3n) is 4.93. The zero-order chi connectivity index (χ0) is 24.5. The highest BCUT2D eigenvalue weighted by atomic mass is 35.5. The molecule has 174 valence electrons. The van der Waals surface area contributed by atoms with E-state index in [1.54, 1.807) is 42.5 Å². The van der Waals surface area contributed by atoms with Gasteiger partial charge >= 0.3 is 6.18 Å². The Morgan fingerprint density at radius 2 is 1.79 bits per heavy atom. The number of benzene rings is 3. The second-order valence-electron chi connectivity index (χ2n) is 7.51. The lowest BCUT2D eigenvalue weighted by molar-refractivity contribution is -0.137. The highest BCUT2D eigenvalue weighted by Crippen LogP contribution is 2.33. The minimum absolute atomic E-state index is 0.0534. The van der Waals surface area contributed by atoms with E-state index in [9.17, 15) is 22.8 Å². The molecule has 0 spiro atoms. The number of nitrogens with one attached hydrogen (secondary N) is 1. The first-order valence-corrected chi connectivity index (χ1v) is 10.4. The SMILES string of the molecule is Cc1ccc2c(=O)c(OCC(=O)Nc3cccc(C(F)(F)F)c3)c(-c3ccc(Cl)cc3)oc2c1. The van der Waals surface area contributed by atoms with Crippen LogP contribution in [-0.2, 0) is 11.0 Å². The fourth-order valence-corrected chi connectivity index (χ4v) is 3.44. The minimum atomic E-state index is -4.55. The van der Waals surface area contributed by atoms with E-state index in [1.165, 1.54) is 12.1 Å². The lowest BCUT2D eigenvalue weighted by atomic mass is 10.1. The van der Waals surface area contributed by atoms with Gasteiger partial charge < -0.3 is 14.5 Å². The number of rotatable bonds is 5. The van der Waals surface area contributed by atoms with Crippen LogP contribution in [-0.4, -0.2) is 12.5 Å². The summed E-state index contributed by atoms with van der Waals surface area (Å²) < 4.78 is 50.2. The Morgan fingerprint density at radius 1 is 1.06 bits per heavy atom. The zero-order valence-corrected chi connectivity index (χ0v) is 18.5. The second-order valence-corrected chi connectivity index (χ2v) is 7.95. The van der Waals surface area contributed by atoms with Crippen LogP contribution in [0.15, 0.2) is 75.9 Å². The Balaban J connectivity index is 1.64. The van der Waals surface area contributed by atoms with Gasteiger partial charge in [-0.1, -0.05) is 23.7 Å². The number of amides is 1. The number of ether oxygens (including phenoxy) is 1. The van der Waals surface area contributed by atoms with Gasteiger partial charge in [0.1, 0.15) is 5.58 Å². The number of carbonyl (C=O) groups excluding carboxylic acids is 1. The summed E-state index contributed by atoms with van der Waals surface area (Å²) in [5.41, 5.74) is 0.280. The maximum Gasteiger partial charge on any atom is 0.416 e. The molecule has 0 aliphatic rings. The Hall–Kier alpha value is -3.78. The van der Waals surface area contributed by atoms with Crippen LogP contribution >= 0.6 is 11.6 Å². The molecule has 1 heterocycles. The highest BCUT2D eigenvalue weighted by molar-refractivity contribution is 6.30. The lowest BCUT2D eigenvalue weighted by Crippen LogP contribution is -2.23. The molecule has 0 unspecified atom stereocenters. The maximum absolute atomic E-state index is 13.2. The van der Waals surface area contributed by atoms with Crippen molar-refractivity contribution in [1.82, 2.24) is 0 Å². The van der Waals surface area contributed by atoms with Crippen molar-refractivity contribution in [3.05, 3.63) is 93.1 Å². The topological polar surface area (TPSA) is 68.5 Å². The normalized spacial score (nSPS) is 11.4. The number of fused-ring (bicyclic) bond motifs is 1. The summed E-state index contributed by atoms with van der Waals surface area (Å²) >= 11 is 5.96. The summed E-state index contributed by atoms with van der Waals surface area (Å²) in [5, 5.41) is 3.08. The molecule has 0 fully saturated rings. The second kappa shape index (κ2) is 9.23. The number of hydrogen-bond acceptors (Lipinski definition) is 4. The fraction of sp³-hybridized carbons (Fsp3) is 0.120. The maximum atomic E-state index is 13.2. The molecule has 4 aromatic rings. The van der Waals surface area contributed by atoms with E-state index < -0.39 is 29.7 Å². The molecular weight excluding hydrogens is 471 g/mol. The first kappa shape index (κ1) is 23.4. The van der Waals surface area contributed by atoms with Crippen molar-refractivity contribution in [2.24, 2.45) is 0 Å². The molecule has 34 heavy (non-hydrogen) atoms. The molecular formula is C25H17ClF3NO4. The average molecular weight is 488 g/mol. The van der Waals surface area contributed by atoms with Crippen LogP contribution in [0.3, 0.4) is 0 Å². The number of hydrogen-bond donors (Lipinski definition) is 1. The average Bonchev–Trinajstić information content (AvgIpc) is 2.78. The molecule has 1 aromatic heterocycles. The van der Waals surface area contributed by atoms with Gasteiger partial charge in [0, 0.05) is 16.3 Å². The largest absolute Gasteiger partial charge is 0.476 e. The van der Waals surface area contributed by atoms with E-state index in [1.807, 2.05) is 6.92 Å². The van der Waals surface area contributed by atoms with Crippen molar-refractivity contribution in [1.29, 1.82) is 0 Å². The van der Waals surface area contributed by atoms with Gasteiger partial charge in [0.05, 0.1) is 10.9 Å². The first-order chi connectivity index (χ1) is 16.1. The van der Waals surface area contributed by atoms with Gasteiger partial charge in [-0.3, -0.25) is 9.59 Å². The van der Waals surface area contributed by atoms with Gasteiger partial charge in [0.15, 0.2) is 12.4 Å². The predicted molar refractivity (Wildman–Crippen MR) is 123 cm³/mol. The summed E-state index contributed by atoms with van der Waals surface area (Å²) in [6.07, 6.45) is -4.55. The lowest BCUT2D eigenvalue weighted by Gasteiger charge is -2.13. The van der Waals surface area contributed by atoms with Crippen molar-refractivity contribution < 1.29 is 27.1 Å². The van der Waals surface area contributed by atoms with Crippen LogP contribution in [0.1, 0.15) is 11.1 Å². The smallest absolute Gasteiger partial charge is 0.416 e. The molecule has 9 heteroatoms. The molecule has 4 rings (SSSR count). The van der Waals surface area contributed by atoms with E-state index >= 15 is 0 Å². The van der Waals surface area contributed by atoms with Crippen molar-refractivity contribution in [2.75, 3.05) is 11.9 Å². The molecule has 0 aliphatic carbocycles. The molecule has 5 nitrogen and oxygen atoms in total. The van der Waals surface area contributed by atoms with Crippen LogP contribution in [0.4, 0.5) is 18.9 Å². The summed E-state index contributed by atoms with van der Waals surface area (Å²) in [7, 11) is 0. The summed E-state index contributed by atoms with van der Waals surface area (Å²) in [5.74, 6) is -0.839. The highest BCUT2D eigenvalue weighted by Gasteiger charge is 2.30. The minimum Gasteiger partial charge on any atom is -0.476 e. The van der Waals surface area contributed by atoms with Gasteiger partial charge in [0.25, 0.3) is 5.91 Å². The number of halogens is 4. The Bertz CT molecular complexity index is 1430. The van der Waals surface area contributed by atoms with Crippen molar-refractivity contribution in [2.45, 2.75) is 13.1 Å². The standard InChI is InChI=1S/C25H17ClF3NO4/c1-14-5-10-19-20(11-14)34-23(15-6-8-17(26)9-7-15)24(22(19)32)33-13-21(31)30-18-4-2-3-16(12-18)25(27,28)29/h2-12H,13H2,1H3,(H,30,31). The van der Waals surface area contributed by atoms with Gasteiger partial charge in [0.2, 0.25) is 11.2 Å². The molecule has 1 N–H and O–H groups in total. The van der Waals surface area contributed by atoms with Crippen LogP contribution in [0.2, 0.25) is 5.02 Å². The summed E-state index contributed by atoms with van der Waals surface area (Å²) in [6.45, 7) is 1.23. The van der Waals surface area contributed by atoms with Gasteiger partial charge in [-0.25, -0.2) is 0 Å². The van der Waals surface area contributed by atoms with E-state index in [0.29, 0.717) is 16.2 Å². The fourth-order valence-electron chi connectivity index (χ4n) is 3.31. The van der Waals surface area contributed by atoms with Gasteiger partial charge in [-0.2, -0.15) is 13.2 Å².